The van der Waals surface area contributed by atoms with Gasteiger partial charge in [-0.05, 0) is 18.2 Å². The van der Waals surface area contributed by atoms with Gasteiger partial charge in [0, 0.05) is 29.0 Å². The fourth-order valence-electron chi connectivity index (χ4n) is 1.62. The van der Waals surface area contributed by atoms with Crippen molar-refractivity contribution in [2.45, 2.75) is 26.3 Å². The van der Waals surface area contributed by atoms with Crippen molar-refractivity contribution in [3.8, 4) is 11.5 Å². The van der Waals surface area contributed by atoms with Crippen LogP contribution in [0.2, 0.25) is 0 Å². The minimum atomic E-state index is -0.342. The van der Waals surface area contributed by atoms with E-state index in [1.807, 2.05) is 0 Å². The van der Waals surface area contributed by atoms with Gasteiger partial charge in [-0.15, -0.1) is 10.2 Å². The Labute approximate surface area is 119 Å². The zero-order chi connectivity index (χ0) is 13.8. The highest BCUT2D eigenvalue weighted by molar-refractivity contribution is 9.10. The second kappa shape index (κ2) is 6.25. The summed E-state index contributed by atoms with van der Waals surface area (Å²) in [5, 5.41) is 11.2. The van der Waals surface area contributed by atoms with Crippen molar-refractivity contribution in [3.05, 3.63) is 34.4 Å². The molecule has 102 valence electrons. The van der Waals surface area contributed by atoms with Gasteiger partial charge in [0.15, 0.2) is 0 Å². The Balaban J connectivity index is 2.07. The van der Waals surface area contributed by atoms with Crippen molar-refractivity contribution in [2.75, 3.05) is 6.54 Å². The van der Waals surface area contributed by atoms with Gasteiger partial charge in [-0.2, -0.15) is 0 Å². The number of hydrogen-bond donors (Lipinski definition) is 1. The van der Waals surface area contributed by atoms with Crippen LogP contribution in [-0.2, 0) is 6.42 Å². The molecule has 2 aromatic rings. The summed E-state index contributed by atoms with van der Waals surface area (Å²) in [6.07, 6.45) is 0.654. The summed E-state index contributed by atoms with van der Waals surface area (Å²) in [4.78, 5) is 0. The van der Waals surface area contributed by atoms with E-state index in [9.17, 15) is 4.39 Å². The topological polar surface area (TPSA) is 51.0 Å². The highest BCUT2D eigenvalue weighted by Crippen LogP contribution is 2.23. The molecule has 0 fully saturated rings. The van der Waals surface area contributed by atoms with Crippen LogP contribution in [0.15, 0.2) is 27.1 Å². The first-order valence-electron chi connectivity index (χ1n) is 6.07. The van der Waals surface area contributed by atoms with Crippen molar-refractivity contribution >= 4 is 15.9 Å². The average molecular weight is 328 g/mol. The first kappa shape index (κ1) is 14.1. The smallest absolute Gasteiger partial charge is 0.247 e. The van der Waals surface area contributed by atoms with Crippen LogP contribution in [0.25, 0.3) is 11.5 Å². The van der Waals surface area contributed by atoms with Gasteiger partial charge in [0.2, 0.25) is 11.8 Å². The van der Waals surface area contributed by atoms with Crippen LogP contribution in [0.3, 0.4) is 0 Å². The van der Waals surface area contributed by atoms with Crippen LogP contribution in [0.5, 0.6) is 0 Å². The molecule has 0 saturated carbocycles. The highest BCUT2D eigenvalue weighted by Gasteiger charge is 2.10. The summed E-state index contributed by atoms with van der Waals surface area (Å²) in [7, 11) is 0. The normalized spacial score (nSPS) is 11.2. The summed E-state index contributed by atoms with van der Waals surface area (Å²) in [6.45, 7) is 4.92. The molecule has 4 nitrogen and oxygen atoms in total. The van der Waals surface area contributed by atoms with Crippen LogP contribution in [0.4, 0.5) is 4.39 Å². The van der Waals surface area contributed by atoms with Crippen LogP contribution >= 0.6 is 15.9 Å². The molecule has 1 heterocycles. The van der Waals surface area contributed by atoms with Crippen molar-refractivity contribution < 1.29 is 8.81 Å². The fourth-order valence-corrected chi connectivity index (χ4v) is 2.08. The summed E-state index contributed by atoms with van der Waals surface area (Å²) in [5.41, 5.74) is 0.572. The molecule has 0 amide bonds. The molecule has 1 N–H and O–H groups in total. The van der Waals surface area contributed by atoms with Crippen LogP contribution < -0.4 is 5.32 Å². The maximum absolute atomic E-state index is 13.3. The lowest BCUT2D eigenvalue weighted by atomic mass is 10.2. The lowest BCUT2D eigenvalue weighted by Gasteiger charge is -2.04. The summed E-state index contributed by atoms with van der Waals surface area (Å²) in [6, 6.07) is 4.91. The number of benzene rings is 1. The standard InChI is InChI=1S/C13H15BrFN3O/c1-8(2)16-4-3-12-17-18-13(19-12)9-5-10(14)7-11(15)6-9/h5-8,16H,3-4H2,1-2H3. The largest absolute Gasteiger partial charge is 0.421 e. The number of halogens is 2. The van der Waals surface area contributed by atoms with E-state index >= 15 is 0 Å². The number of aromatic nitrogens is 2. The molecule has 0 atom stereocenters. The minimum absolute atomic E-state index is 0.333. The molecule has 0 radical (unpaired) electrons. The predicted octanol–water partition coefficient (Wildman–Crippen LogP) is 3.18. The van der Waals surface area contributed by atoms with Gasteiger partial charge in [0.1, 0.15) is 5.82 Å². The molecule has 1 aromatic heterocycles. The highest BCUT2D eigenvalue weighted by atomic mass is 79.9. The first-order valence-corrected chi connectivity index (χ1v) is 6.86. The Bertz CT molecular complexity index is 536. The Hall–Kier alpha value is -1.27. The van der Waals surface area contributed by atoms with E-state index < -0.39 is 0 Å². The molecular weight excluding hydrogens is 313 g/mol. The van der Waals surface area contributed by atoms with Crippen molar-refractivity contribution in [3.63, 3.8) is 0 Å². The van der Waals surface area contributed by atoms with E-state index in [0.717, 1.165) is 6.54 Å². The van der Waals surface area contributed by atoms with Gasteiger partial charge < -0.3 is 9.73 Å². The Morgan fingerprint density at radius 1 is 1.32 bits per heavy atom. The predicted molar refractivity (Wildman–Crippen MR) is 74.2 cm³/mol. The minimum Gasteiger partial charge on any atom is -0.421 e. The molecule has 2 rings (SSSR count). The third-order valence-corrected chi connectivity index (χ3v) is 2.93. The van der Waals surface area contributed by atoms with Gasteiger partial charge in [-0.25, -0.2) is 4.39 Å². The van der Waals surface area contributed by atoms with E-state index in [0.29, 0.717) is 34.3 Å². The Morgan fingerprint density at radius 3 is 2.79 bits per heavy atom. The van der Waals surface area contributed by atoms with Crippen LogP contribution in [0.1, 0.15) is 19.7 Å². The summed E-state index contributed by atoms with van der Waals surface area (Å²) >= 11 is 3.24. The SMILES string of the molecule is CC(C)NCCc1nnc(-c2cc(F)cc(Br)c2)o1. The number of nitrogens with one attached hydrogen (secondary N) is 1. The third kappa shape index (κ3) is 4.11. The van der Waals surface area contributed by atoms with Gasteiger partial charge in [-0.1, -0.05) is 29.8 Å². The fraction of sp³-hybridized carbons (Fsp3) is 0.385. The Morgan fingerprint density at radius 2 is 2.11 bits per heavy atom. The second-order valence-corrected chi connectivity index (χ2v) is 5.43. The zero-order valence-electron chi connectivity index (χ0n) is 10.8. The van der Waals surface area contributed by atoms with Crippen molar-refractivity contribution in [2.24, 2.45) is 0 Å². The summed E-state index contributed by atoms with van der Waals surface area (Å²) < 4.78 is 19.4. The first-order chi connectivity index (χ1) is 9.04. The van der Waals surface area contributed by atoms with E-state index in [1.54, 1.807) is 6.07 Å². The molecule has 1 aromatic carbocycles. The third-order valence-electron chi connectivity index (χ3n) is 2.47. The van der Waals surface area contributed by atoms with Gasteiger partial charge in [0.25, 0.3) is 0 Å². The number of rotatable bonds is 5. The monoisotopic (exact) mass is 327 g/mol. The molecule has 19 heavy (non-hydrogen) atoms. The average Bonchev–Trinajstić information content (AvgIpc) is 2.76. The summed E-state index contributed by atoms with van der Waals surface area (Å²) in [5.74, 6) is 0.536. The van der Waals surface area contributed by atoms with Crippen LogP contribution in [-0.4, -0.2) is 22.8 Å². The van der Waals surface area contributed by atoms with Gasteiger partial charge >= 0.3 is 0 Å². The van der Waals surface area contributed by atoms with E-state index in [-0.39, 0.29) is 5.82 Å². The number of hydrogen-bond acceptors (Lipinski definition) is 4. The molecule has 0 aliphatic rings. The molecule has 0 spiro atoms. The molecule has 0 unspecified atom stereocenters. The Kier molecular flexibility index (Phi) is 4.66. The number of nitrogens with zero attached hydrogens (tertiary/aromatic N) is 2. The van der Waals surface area contributed by atoms with Gasteiger partial charge in [-0.3, -0.25) is 0 Å². The van der Waals surface area contributed by atoms with Crippen molar-refractivity contribution in [1.29, 1.82) is 0 Å². The van der Waals surface area contributed by atoms with Crippen LogP contribution in [0, 0.1) is 5.82 Å². The molecule has 6 heteroatoms. The lowest BCUT2D eigenvalue weighted by molar-refractivity contribution is 0.484. The van der Waals surface area contributed by atoms with E-state index in [1.165, 1.54) is 12.1 Å². The molecule has 0 aliphatic heterocycles. The van der Waals surface area contributed by atoms with Gasteiger partial charge in [0.05, 0.1) is 0 Å². The molecule has 0 saturated heterocycles. The molecular formula is C13H15BrFN3O. The van der Waals surface area contributed by atoms with E-state index in [2.05, 4.69) is 45.3 Å². The zero-order valence-corrected chi connectivity index (χ0v) is 12.4. The molecule has 0 bridgehead atoms. The van der Waals surface area contributed by atoms with E-state index in [4.69, 9.17) is 4.42 Å². The maximum atomic E-state index is 13.3. The lowest BCUT2D eigenvalue weighted by Crippen LogP contribution is -2.25. The second-order valence-electron chi connectivity index (χ2n) is 4.52. The quantitative estimate of drug-likeness (QED) is 0.916. The maximum Gasteiger partial charge on any atom is 0.247 e. The van der Waals surface area contributed by atoms with Crippen molar-refractivity contribution in [1.82, 2.24) is 15.5 Å². The molecule has 0 aliphatic carbocycles.